The molecule has 0 saturated heterocycles. The van der Waals surface area contributed by atoms with Crippen LogP contribution in [0.1, 0.15) is 37.2 Å². The van der Waals surface area contributed by atoms with Gasteiger partial charge in [0, 0.05) is 5.56 Å². The molecule has 1 heteroatoms. The number of aryl methyl sites for hydroxylation is 1. The van der Waals surface area contributed by atoms with Crippen molar-refractivity contribution in [3.05, 3.63) is 35.4 Å². The molecule has 0 unspecified atom stereocenters. The molecule has 0 aliphatic carbocycles. The average Bonchev–Trinajstić information content (AvgIpc) is 2.10. The third kappa shape index (κ3) is 4.67. The van der Waals surface area contributed by atoms with Crippen LogP contribution < -0.4 is 0 Å². The van der Waals surface area contributed by atoms with Crippen LogP contribution in [0.3, 0.4) is 0 Å². The fraction of sp³-hybridized carbons (Fsp3) is 0.364. The molecule has 0 radical (unpaired) electrons. The number of aldehydes is 1. The summed E-state index contributed by atoms with van der Waals surface area (Å²) in [6, 6.07) is 7.46. The Morgan fingerprint density at radius 3 is 1.83 bits per heavy atom. The van der Waals surface area contributed by atoms with Crippen LogP contribution in [-0.4, -0.2) is 6.29 Å². The van der Waals surface area contributed by atoms with E-state index in [4.69, 9.17) is 0 Å². The summed E-state index contributed by atoms with van der Waals surface area (Å²) in [4.78, 5) is 10.1. The van der Waals surface area contributed by atoms with Crippen molar-refractivity contribution in [1.82, 2.24) is 0 Å². The second-order valence-corrected chi connectivity index (χ2v) is 2.03. The summed E-state index contributed by atoms with van der Waals surface area (Å²) in [7, 11) is 0. The van der Waals surface area contributed by atoms with E-state index in [0.29, 0.717) is 0 Å². The molecule has 1 nitrogen and oxygen atoms in total. The van der Waals surface area contributed by atoms with Crippen LogP contribution >= 0.6 is 0 Å². The van der Waals surface area contributed by atoms with Crippen LogP contribution in [0, 0.1) is 6.92 Å². The molecule has 12 heavy (non-hydrogen) atoms. The molecule has 0 N–H and O–H groups in total. The molecule has 1 rings (SSSR count). The van der Waals surface area contributed by atoms with Gasteiger partial charge in [0.2, 0.25) is 0 Å². The Kier molecular flexibility index (Phi) is 8.98. The molecule has 1 aromatic rings. The van der Waals surface area contributed by atoms with Crippen LogP contribution in [0.2, 0.25) is 0 Å². The third-order valence-electron chi connectivity index (χ3n) is 1.21. The number of hydrogen-bond donors (Lipinski definition) is 0. The molecule has 0 fully saturated rings. The molecular formula is C11H18O. The molecule has 0 aliphatic rings. The van der Waals surface area contributed by atoms with E-state index in [-0.39, 0.29) is 7.43 Å². The average molecular weight is 166 g/mol. The number of hydrogen-bond acceptors (Lipinski definition) is 1. The van der Waals surface area contributed by atoms with E-state index in [1.54, 1.807) is 0 Å². The van der Waals surface area contributed by atoms with E-state index in [0.717, 1.165) is 11.8 Å². The van der Waals surface area contributed by atoms with Crippen molar-refractivity contribution in [1.29, 1.82) is 0 Å². The first-order valence-electron chi connectivity index (χ1n) is 3.85. The maximum atomic E-state index is 10.1. The Hall–Kier alpha value is -1.11. The molecule has 0 aliphatic heterocycles. The summed E-state index contributed by atoms with van der Waals surface area (Å²) < 4.78 is 0. The minimum Gasteiger partial charge on any atom is -0.298 e. The van der Waals surface area contributed by atoms with E-state index in [2.05, 4.69) is 0 Å². The minimum absolute atomic E-state index is 0. The first-order valence-corrected chi connectivity index (χ1v) is 3.85. The Morgan fingerprint density at radius 1 is 1.08 bits per heavy atom. The van der Waals surface area contributed by atoms with Gasteiger partial charge in [-0.1, -0.05) is 51.1 Å². The van der Waals surface area contributed by atoms with Crippen LogP contribution in [0.25, 0.3) is 0 Å². The Balaban J connectivity index is 0. The lowest BCUT2D eigenvalue weighted by Gasteiger charge is -1.89. The highest BCUT2D eigenvalue weighted by atomic mass is 16.1. The van der Waals surface area contributed by atoms with E-state index < -0.39 is 0 Å². The van der Waals surface area contributed by atoms with Crippen LogP contribution in [-0.2, 0) is 0 Å². The van der Waals surface area contributed by atoms with Crippen molar-refractivity contribution in [3.8, 4) is 0 Å². The second-order valence-electron chi connectivity index (χ2n) is 2.03. The highest BCUT2D eigenvalue weighted by molar-refractivity contribution is 5.74. The summed E-state index contributed by atoms with van der Waals surface area (Å²) in [6.45, 7) is 5.99. The van der Waals surface area contributed by atoms with Crippen LogP contribution in [0.4, 0.5) is 0 Å². The molecule has 0 saturated carbocycles. The molecule has 0 aromatic heterocycles. The Bertz CT molecular complexity index is 199. The van der Waals surface area contributed by atoms with Gasteiger partial charge in [-0.3, -0.25) is 4.79 Å². The highest BCUT2D eigenvalue weighted by Gasteiger charge is 1.85. The number of benzene rings is 1. The normalized spacial score (nSPS) is 7.25. The molecule has 1 aromatic carbocycles. The van der Waals surface area contributed by atoms with Gasteiger partial charge in [0.1, 0.15) is 6.29 Å². The van der Waals surface area contributed by atoms with E-state index in [1.165, 1.54) is 5.56 Å². The number of rotatable bonds is 1. The topological polar surface area (TPSA) is 17.1 Å². The lowest BCUT2D eigenvalue weighted by atomic mass is 10.2. The fourth-order valence-corrected chi connectivity index (χ4v) is 0.645. The summed E-state index contributed by atoms with van der Waals surface area (Å²) in [5.41, 5.74) is 1.92. The van der Waals surface area contributed by atoms with E-state index in [9.17, 15) is 4.79 Å². The van der Waals surface area contributed by atoms with Gasteiger partial charge >= 0.3 is 0 Å². The van der Waals surface area contributed by atoms with Crippen molar-refractivity contribution in [2.45, 2.75) is 28.2 Å². The summed E-state index contributed by atoms with van der Waals surface area (Å²) in [6.07, 6.45) is 0.847. The SMILES string of the molecule is C.CC.Cc1ccc(C=O)cc1. The van der Waals surface area contributed by atoms with Gasteiger partial charge in [-0.15, -0.1) is 0 Å². The fourth-order valence-electron chi connectivity index (χ4n) is 0.645. The Labute approximate surface area is 75.4 Å². The molecule has 68 valence electrons. The van der Waals surface area contributed by atoms with Crippen molar-refractivity contribution in [3.63, 3.8) is 0 Å². The zero-order valence-corrected chi connectivity index (χ0v) is 7.29. The summed E-state index contributed by atoms with van der Waals surface area (Å²) in [5, 5.41) is 0. The summed E-state index contributed by atoms with van der Waals surface area (Å²) in [5.74, 6) is 0. The third-order valence-corrected chi connectivity index (χ3v) is 1.21. The molecule has 0 heterocycles. The molecule has 0 atom stereocenters. The minimum atomic E-state index is 0. The lowest BCUT2D eigenvalue weighted by Crippen LogP contribution is -1.77. The van der Waals surface area contributed by atoms with Gasteiger partial charge in [0.15, 0.2) is 0 Å². The lowest BCUT2D eigenvalue weighted by molar-refractivity contribution is 0.112. The predicted octanol–water partition coefficient (Wildman–Crippen LogP) is 3.47. The van der Waals surface area contributed by atoms with Gasteiger partial charge in [0.05, 0.1) is 0 Å². The molecular weight excluding hydrogens is 148 g/mol. The second kappa shape index (κ2) is 7.99. The molecule has 0 spiro atoms. The monoisotopic (exact) mass is 166 g/mol. The van der Waals surface area contributed by atoms with E-state index >= 15 is 0 Å². The maximum Gasteiger partial charge on any atom is 0.150 e. The Morgan fingerprint density at radius 2 is 1.50 bits per heavy atom. The summed E-state index contributed by atoms with van der Waals surface area (Å²) >= 11 is 0. The smallest absolute Gasteiger partial charge is 0.150 e. The molecule has 0 bridgehead atoms. The van der Waals surface area contributed by atoms with Gasteiger partial charge in [-0.2, -0.15) is 0 Å². The van der Waals surface area contributed by atoms with Crippen molar-refractivity contribution >= 4 is 6.29 Å². The van der Waals surface area contributed by atoms with Crippen molar-refractivity contribution in [2.75, 3.05) is 0 Å². The van der Waals surface area contributed by atoms with Gasteiger partial charge in [-0.05, 0) is 6.92 Å². The zero-order chi connectivity index (χ0) is 8.69. The van der Waals surface area contributed by atoms with Crippen molar-refractivity contribution < 1.29 is 4.79 Å². The maximum absolute atomic E-state index is 10.1. The van der Waals surface area contributed by atoms with Gasteiger partial charge in [0.25, 0.3) is 0 Å². The quantitative estimate of drug-likeness (QED) is 0.584. The van der Waals surface area contributed by atoms with Crippen molar-refractivity contribution in [2.24, 2.45) is 0 Å². The van der Waals surface area contributed by atoms with Crippen LogP contribution in [0.5, 0.6) is 0 Å². The first-order chi connectivity index (χ1) is 5.33. The largest absolute Gasteiger partial charge is 0.298 e. The predicted molar refractivity (Wildman–Crippen MR) is 54.6 cm³/mol. The first kappa shape index (κ1) is 13.5. The van der Waals surface area contributed by atoms with Gasteiger partial charge < -0.3 is 0 Å². The zero-order valence-electron chi connectivity index (χ0n) is 7.29. The van der Waals surface area contributed by atoms with Gasteiger partial charge in [-0.25, -0.2) is 0 Å². The number of carbonyl (C=O) groups is 1. The van der Waals surface area contributed by atoms with Crippen LogP contribution in [0.15, 0.2) is 24.3 Å². The number of carbonyl (C=O) groups excluding carboxylic acids is 1. The highest BCUT2D eigenvalue weighted by Crippen LogP contribution is 1.98. The van der Waals surface area contributed by atoms with E-state index in [1.807, 2.05) is 45.0 Å². The molecule has 0 amide bonds. The standard InChI is InChI=1S/C8H8O.C2H6.CH4/c1-7-2-4-8(6-9)5-3-7;1-2;/h2-6H,1H3;1-2H3;1H4.